The highest BCUT2D eigenvalue weighted by molar-refractivity contribution is 5.14. The van der Waals surface area contributed by atoms with Crippen LogP contribution in [0, 0.1) is 0 Å². The molecule has 0 amide bonds. The van der Waals surface area contributed by atoms with Crippen molar-refractivity contribution in [1.29, 1.82) is 0 Å². The maximum absolute atomic E-state index is 3.46. The van der Waals surface area contributed by atoms with Crippen molar-refractivity contribution in [1.82, 2.24) is 15.3 Å². The molecule has 17 heavy (non-hydrogen) atoms. The van der Waals surface area contributed by atoms with Crippen LogP contribution >= 0.6 is 0 Å². The second-order valence-electron chi connectivity index (χ2n) is 5.05. The fraction of sp³-hybridized carbons (Fsp3) is 0.571. The molecule has 1 aromatic carbocycles. The van der Waals surface area contributed by atoms with Gasteiger partial charge in [0.15, 0.2) is 0 Å². The summed E-state index contributed by atoms with van der Waals surface area (Å²) in [7, 11) is 4.12. The van der Waals surface area contributed by atoms with Crippen molar-refractivity contribution in [2.45, 2.75) is 18.9 Å². The van der Waals surface area contributed by atoms with Gasteiger partial charge in [-0.2, -0.15) is 0 Å². The summed E-state index contributed by atoms with van der Waals surface area (Å²) in [5.74, 6) is 0. The Balaban J connectivity index is 1.71. The Morgan fingerprint density at radius 3 is 2.76 bits per heavy atom. The summed E-state index contributed by atoms with van der Waals surface area (Å²) in [5.41, 5.74) is 4.90. The molecule has 3 nitrogen and oxygen atoms in total. The van der Waals surface area contributed by atoms with Crippen molar-refractivity contribution in [3.05, 3.63) is 35.9 Å². The molecule has 1 unspecified atom stereocenters. The number of nitrogens with one attached hydrogen (secondary N) is 1. The number of hydrogen-bond donors (Lipinski definition) is 1. The second-order valence-corrected chi connectivity index (χ2v) is 5.05. The highest BCUT2D eigenvalue weighted by Gasteiger charge is 2.21. The van der Waals surface area contributed by atoms with Gasteiger partial charge in [0.1, 0.15) is 0 Å². The Morgan fingerprint density at radius 1 is 1.29 bits per heavy atom. The smallest absolute Gasteiger partial charge is 0.0354 e. The zero-order valence-corrected chi connectivity index (χ0v) is 10.9. The molecule has 1 heterocycles. The van der Waals surface area contributed by atoms with Gasteiger partial charge in [0.2, 0.25) is 0 Å². The highest BCUT2D eigenvalue weighted by atomic mass is 15.5. The van der Waals surface area contributed by atoms with E-state index >= 15 is 0 Å². The van der Waals surface area contributed by atoms with E-state index in [4.69, 9.17) is 0 Å². The van der Waals surface area contributed by atoms with Crippen LogP contribution in [0.15, 0.2) is 30.3 Å². The summed E-state index contributed by atoms with van der Waals surface area (Å²) >= 11 is 0. The molecule has 1 aromatic rings. The number of nitrogens with zero attached hydrogens (tertiary/aromatic N) is 2. The SMILES string of the molecule is CN(C)NC1CCN(CCc2ccccc2)C1. The number of hydrazine groups is 1. The van der Waals surface area contributed by atoms with Gasteiger partial charge in [0, 0.05) is 33.2 Å². The molecule has 0 aromatic heterocycles. The van der Waals surface area contributed by atoms with E-state index in [2.05, 4.69) is 59.8 Å². The summed E-state index contributed by atoms with van der Waals surface area (Å²) in [6.07, 6.45) is 2.42. The van der Waals surface area contributed by atoms with E-state index in [0.29, 0.717) is 6.04 Å². The third kappa shape index (κ3) is 4.11. The standard InChI is InChI=1S/C14H23N3/c1-16(2)15-14-9-11-17(12-14)10-8-13-6-4-3-5-7-13/h3-7,14-15H,8-12H2,1-2H3. The fourth-order valence-electron chi connectivity index (χ4n) is 2.44. The third-order valence-corrected chi connectivity index (χ3v) is 3.27. The molecule has 3 heteroatoms. The first-order chi connectivity index (χ1) is 8.24. The van der Waals surface area contributed by atoms with Gasteiger partial charge >= 0.3 is 0 Å². The molecule has 0 saturated carbocycles. The predicted molar refractivity (Wildman–Crippen MR) is 71.8 cm³/mol. The summed E-state index contributed by atoms with van der Waals surface area (Å²) in [4.78, 5) is 2.55. The van der Waals surface area contributed by atoms with Crippen LogP contribution in [0.25, 0.3) is 0 Å². The first kappa shape index (κ1) is 12.6. The lowest BCUT2D eigenvalue weighted by Crippen LogP contribution is -2.41. The van der Waals surface area contributed by atoms with Crippen LogP contribution in [0.2, 0.25) is 0 Å². The minimum absolute atomic E-state index is 0.626. The third-order valence-electron chi connectivity index (χ3n) is 3.27. The van der Waals surface area contributed by atoms with Crippen molar-refractivity contribution < 1.29 is 0 Å². The molecule has 1 N–H and O–H groups in total. The van der Waals surface area contributed by atoms with Gasteiger partial charge in [0.25, 0.3) is 0 Å². The minimum atomic E-state index is 0.626. The molecule has 1 fully saturated rings. The van der Waals surface area contributed by atoms with Crippen molar-refractivity contribution in [3.8, 4) is 0 Å². The number of rotatable bonds is 5. The quantitative estimate of drug-likeness (QED) is 0.775. The summed E-state index contributed by atoms with van der Waals surface area (Å²) < 4.78 is 0. The first-order valence-electron chi connectivity index (χ1n) is 6.44. The molecule has 1 saturated heterocycles. The van der Waals surface area contributed by atoms with Gasteiger partial charge in [-0.15, -0.1) is 0 Å². The van der Waals surface area contributed by atoms with E-state index in [1.54, 1.807) is 0 Å². The molecular weight excluding hydrogens is 210 g/mol. The molecule has 0 aliphatic carbocycles. The number of hydrogen-bond acceptors (Lipinski definition) is 3. The summed E-state index contributed by atoms with van der Waals surface area (Å²) in [6, 6.07) is 11.4. The largest absolute Gasteiger partial charge is 0.301 e. The molecule has 0 bridgehead atoms. The van der Waals surface area contributed by atoms with Crippen LogP contribution in [0.3, 0.4) is 0 Å². The molecule has 94 valence electrons. The van der Waals surface area contributed by atoms with E-state index in [9.17, 15) is 0 Å². The molecule has 1 aliphatic heterocycles. The zero-order chi connectivity index (χ0) is 12.1. The molecular formula is C14H23N3. The Morgan fingerprint density at radius 2 is 2.06 bits per heavy atom. The average molecular weight is 233 g/mol. The van der Waals surface area contributed by atoms with Crippen LogP contribution in [-0.4, -0.2) is 49.7 Å². The normalized spacial score (nSPS) is 21.2. The van der Waals surface area contributed by atoms with Crippen LogP contribution < -0.4 is 5.43 Å². The van der Waals surface area contributed by atoms with Crippen molar-refractivity contribution >= 4 is 0 Å². The Kier molecular flexibility index (Phi) is 4.54. The Labute approximate surface area is 104 Å². The maximum atomic E-state index is 3.46. The molecule has 1 atom stereocenters. The minimum Gasteiger partial charge on any atom is -0.301 e. The lowest BCUT2D eigenvalue weighted by Gasteiger charge is -2.19. The van der Waals surface area contributed by atoms with Crippen LogP contribution in [0.4, 0.5) is 0 Å². The summed E-state index contributed by atoms with van der Waals surface area (Å²) in [5, 5.41) is 2.06. The van der Waals surface area contributed by atoms with Gasteiger partial charge in [-0.05, 0) is 24.9 Å². The number of likely N-dealkylation sites (tertiary alicyclic amines) is 1. The van der Waals surface area contributed by atoms with Crippen molar-refractivity contribution in [2.24, 2.45) is 0 Å². The van der Waals surface area contributed by atoms with E-state index in [0.717, 1.165) is 6.42 Å². The van der Waals surface area contributed by atoms with Gasteiger partial charge in [-0.1, -0.05) is 30.3 Å². The highest BCUT2D eigenvalue weighted by Crippen LogP contribution is 2.10. The van der Waals surface area contributed by atoms with E-state index in [-0.39, 0.29) is 0 Å². The fourth-order valence-corrected chi connectivity index (χ4v) is 2.44. The van der Waals surface area contributed by atoms with Crippen LogP contribution in [0.5, 0.6) is 0 Å². The van der Waals surface area contributed by atoms with Crippen LogP contribution in [-0.2, 0) is 6.42 Å². The monoisotopic (exact) mass is 233 g/mol. The van der Waals surface area contributed by atoms with E-state index in [1.807, 2.05) is 0 Å². The average Bonchev–Trinajstić information content (AvgIpc) is 2.75. The van der Waals surface area contributed by atoms with Crippen molar-refractivity contribution in [2.75, 3.05) is 33.7 Å². The Bertz CT molecular complexity index is 323. The second kappa shape index (κ2) is 6.15. The van der Waals surface area contributed by atoms with Crippen LogP contribution in [0.1, 0.15) is 12.0 Å². The van der Waals surface area contributed by atoms with Gasteiger partial charge in [0.05, 0.1) is 0 Å². The van der Waals surface area contributed by atoms with Gasteiger partial charge in [-0.3, -0.25) is 10.4 Å². The van der Waals surface area contributed by atoms with E-state index in [1.165, 1.54) is 31.6 Å². The lowest BCUT2D eigenvalue weighted by molar-refractivity contribution is 0.235. The zero-order valence-electron chi connectivity index (χ0n) is 10.9. The predicted octanol–water partition coefficient (Wildman–Crippen LogP) is 1.37. The molecule has 0 radical (unpaired) electrons. The lowest BCUT2D eigenvalue weighted by atomic mass is 10.1. The van der Waals surface area contributed by atoms with E-state index < -0.39 is 0 Å². The van der Waals surface area contributed by atoms with Gasteiger partial charge in [-0.25, -0.2) is 0 Å². The number of benzene rings is 1. The molecule has 2 rings (SSSR count). The Hall–Kier alpha value is -0.900. The molecule has 0 spiro atoms. The first-order valence-corrected chi connectivity index (χ1v) is 6.44. The maximum Gasteiger partial charge on any atom is 0.0354 e. The molecule has 1 aliphatic rings. The topological polar surface area (TPSA) is 18.5 Å². The van der Waals surface area contributed by atoms with Gasteiger partial charge < -0.3 is 4.90 Å². The summed E-state index contributed by atoms with van der Waals surface area (Å²) in [6.45, 7) is 3.57. The van der Waals surface area contributed by atoms with Crippen molar-refractivity contribution in [3.63, 3.8) is 0 Å².